The second-order valence-electron chi connectivity index (χ2n) is 4.24. The molecule has 0 saturated heterocycles. The van der Waals surface area contributed by atoms with Gasteiger partial charge in [-0.05, 0) is 40.5 Å². The van der Waals surface area contributed by atoms with Crippen molar-refractivity contribution in [3.8, 4) is 0 Å². The van der Waals surface area contributed by atoms with Gasteiger partial charge in [-0.15, -0.1) is 0 Å². The van der Waals surface area contributed by atoms with E-state index in [2.05, 4.69) is 42.2 Å². The average molecular weight is 415 g/mol. The molecule has 0 fully saturated rings. The Morgan fingerprint density at radius 1 is 1.29 bits per heavy atom. The predicted octanol–water partition coefficient (Wildman–Crippen LogP) is 4.08. The van der Waals surface area contributed by atoms with Crippen LogP contribution in [0.5, 0.6) is 0 Å². The number of nitro benzene ring substituents is 1. The molecule has 1 heterocycles. The first-order chi connectivity index (χ1) is 9.86. The zero-order valence-electron chi connectivity index (χ0n) is 10.8. The molecule has 0 aliphatic carbocycles. The van der Waals surface area contributed by atoms with Crippen LogP contribution in [0.3, 0.4) is 0 Å². The van der Waals surface area contributed by atoms with E-state index in [0.29, 0.717) is 14.8 Å². The number of carbonyl (C=O) groups is 1. The summed E-state index contributed by atoms with van der Waals surface area (Å²) in [4.78, 5) is 26.5. The molecule has 0 radical (unpaired) electrons. The summed E-state index contributed by atoms with van der Waals surface area (Å²) in [7, 11) is 0. The van der Waals surface area contributed by atoms with Gasteiger partial charge in [-0.3, -0.25) is 14.9 Å². The Bertz CT molecular complexity index is 735. The number of hydrogen-bond donors (Lipinski definition) is 1. The number of anilines is 1. The number of amides is 1. The number of aromatic nitrogens is 1. The maximum atomic E-state index is 12.1. The molecule has 0 spiro atoms. The summed E-state index contributed by atoms with van der Waals surface area (Å²) in [5, 5.41) is 13.5. The zero-order chi connectivity index (χ0) is 15.6. The Balaban J connectivity index is 2.27. The van der Waals surface area contributed by atoms with E-state index in [1.54, 1.807) is 6.07 Å². The quantitative estimate of drug-likeness (QED) is 0.465. The number of rotatable bonds is 3. The van der Waals surface area contributed by atoms with Crippen LogP contribution in [-0.4, -0.2) is 15.8 Å². The van der Waals surface area contributed by atoms with Gasteiger partial charge in [0, 0.05) is 22.2 Å². The minimum atomic E-state index is -0.549. The van der Waals surface area contributed by atoms with Gasteiger partial charge in [0.1, 0.15) is 4.60 Å². The third kappa shape index (κ3) is 3.85. The zero-order valence-corrected chi connectivity index (χ0v) is 13.9. The molecule has 0 bridgehead atoms. The lowest BCUT2D eigenvalue weighted by molar-refractivity contribution is -0.384. The van der Waals surface area contributed by atoms with Gasteiger partial charge < -0.3 is 5.32 Å². The fourth-order valence-corrected chi connectivity index (χ4v) is 2.34. The highest BCUT2D eigenvalue weighted by atomic mass is 79.9. The molecule has 8 heteroatoms. The van der Waals surface area contributed by atoms with Gasteiger partial charge in [-0.1, -0.05) is 15.9 Å². The number of nitrogens with zero attached hydrogens (tertiary/aromatic N) is 2. The maximum absolute atomic E-state index is 12.1. The predicted molar refractivity (Wildman–Crippen MR) is 85.4 cm³/mol. The summed E-state index contributed by atoms with van der Waals surface area (Å²) in [6.07, 6.45) is 1.50. The average Bonchev–Trinajstić information content (AvgIpc) is 2.42. The van der Waals surface area contributed by atoms with Gasteiger partial charge in [-0.2, -0.15) is 0 Å². The van der Waals surface area contributed by atoms with Crippen LogP contribution in [-0.2, 0) is 0 Å². The maximum Gasteiger partial charge on any atom is 0.271 e. The van der Waals surface area contributed by atoms with Crippen molar-refractivity contribution >= 4 is 49.1 Å². The summed E-state index contributed by atoms with van der Waals surface area (Å²) >= 11 is 6.42. The van der Waals surface area contributed by atoms with E-state index in [0.717, 1.165) is 5.56 Å². The molecule has 0 aliphatic rings. The number of carbonyl (C=O) groups excluding carboxylic acids is 1. The van der Waals surface area contributed by atoms with E-state index < -0.39 is 10.8 Å². The van der Waals surface area contributed by atoms with Crippen LogP contribution in [0.2, 0.25) is 0 Å². The normalized spacial score (nSPS) is 10.2. The first kappa shape index (κ1) is 15.6. The van der Waals surface area contributed by atoms with Crippen LogP contribution < -0.4 is 5.32 Å². The molecule has 1 aromatic carbocycles. The van der Waals surface area contributed by atoms with Crippen LogP contribution in [0.15, 0.2) is 39.5 Å². The Kier molecular flexibility index (Phi) is 4.69. The number of pyridine rings is 1. The van der Waals surface area contributed by atoms with Crippen molar-refractivity contribution in [2.75, 3.05) is 5.32 Å². The van der Waals surface area contributed by atoms with Gasteiger partial charge in [0.2, 0.25) is 0 Å². The Morgan fingerprint density at radius 2 is 2.00 bits per heavy atom. The van der Waals surface area contributed by atoms with Gasteiger partial charge in [0.05, 0.1) is 16.8 Å². The fraction of sp³-hybridized carbons (Fsp3) is 0.0769. The molecule has 2 aromatic rings. The standard InChI is InChI=1S/C13H9Br2N3O3/c1-7-2-10(6-16-12(7)15)17-13(19)8-3-9(14)5-11(4-8)18(20)21/h2-6H,1H3,(H,17,19). The van der Waals surface area contributed by atoms with Gasteiger partial charge in [0.25, 0.3) is 11.6 Å². The molecular formula is C13H9Br2N3O3. The van der Waals surface area contributed by atoms with E-state index in [4.69, 9.17) is 0 Å². The summed E-state index contributed by atoms with van der Waals surface area (Å²) in [6.45, 7) is 1.84. The van der Waals surface area contributed by atoms with Crippen LogP contribution in [0.1, 0.15) is 15.9 Å². The number of nitrogens with one attached hydrogen (secondary N) is 1. The molecule has 1 N–H and O–H groups in total. The van der Waals surface area contributed by atoms with Crippen LogP contribution in [0.4, 0.5) is 11.4 Å². The minimum Gasteiger partial charge on any atom is -0.321 e. The van der Waals surface area contributed by atoms with Gasteiger partial charge >= 0.3 is 0 Å². The lowest BCUT2D eigenvalue weighted by Gasteiger charge is -2.07. The Hall–Kier alpha value is -1.80. The van der Waals surface area contributed by atoms with Crippen molar-refractivity contribution in [2.45, 2.75) is 6.92 Å². The van der Waals surface area contributed by atoms with Crippen molar-refractivity contribution in [3.63, 3.8) is 0 Å². The number of aryl methyl sites for hydroxylation is 1. The number of non-ortho nitro benzene ring substituents is 1. The summed E-state index contributed by atoms with van der Waals surface area (Å²) in [6, 6.07) is 5.82. The summed E-state index contributed by atoms with van der Waals surface area (Å²) in [5.74, 6) is -0.442. The minimum absolute atomic E-state index is 0.153. The second kappa shape index (κ2) is 6.31. The molecule has 1 amide bonds. The molecule has 21 heavy (non-hydrogen) atoms. The number of hydrogen-bond acceptors (Lipinski definition) is 4. The SMILES string of the molecule is Cc1cc(NC(=O)c2cc(Br)cc([N+](=O)[O-])c2)cnc1Br. The Morgan fingerprint density at radius 3 is 2.62 bits per heavy atom. The van der Waals surface area contributed by atoms with E-state index in [1.807, 2.05) is 6.92 Å². The fourth-order valence-electron chi connectivity index (χ4n) is 1.64. The van der Waals surface area contributed by atoms with Gasteiger partial charge in [-0.25, -0.2) is 4.98 Å². The van der Waals surface area contributed by atoms with E-state index in [-0.39, 0.29) is 11.3 Å². The highest BCUT2D eigenvalue weighted by Crippen LogP contribution is 2.23. The molecule has 0 saturated carbocycles. The molecule has 2 rings (SSSR count). The van der Waals surface area contributed by atoms with Crippen molar-refractivity contribution in [1.82, 2.24) is 4.98 Å². The number of nitro groups is 1. The first-order valence-electron chi connectivity index (χ1n) is 5.75. The van der Waals surface area contributed by atoms with Crippen LogP contribution >= 0.6 is 31.9 Å². The molecule has 1 aromatic heterocycles. The molecule has 0 unspecified atom stereocenters. The monoisotopic (exact) mass is 413 g/mol. The summed E-state index contributed by atoms with van der Waals surface area (Å²) < 4.78 is 1.16. The third-order valence-corrected chi connectivity index (χ3v) is 3.92. The summed E-state index contributed by atoms with van der Waals surface area (Å²) in [5.41, 5.74) is 1.42. The lowest BCUT2D eigenvalue weighted by Crippen LogP contribution is -2.12. The smallest absolute Gasteiger partial charge is 0.271 e. The largest absolute Gasteiger partial charge is 0.321 e. The Labute approximate surface area is 137 Å². The highest BCUT2D eigenvalue weighted by Gasteiger charge is 2.14. The number of benzene rings is 1. The van der Waals surface area contributed by atoms with Crippen LogP contribution in [0.25, 0.3) is 0 Å². The van der Waals surface area contributed by atoms with Crippen LogP contribution in [0, 0.1) is 17.0 Å². The van der Waals surface area contributed by atoms with Crippen molar-refractivity contribution in [1.29, 1.82) is 0 Å². The topological polar surface area (TPSA) is 85.1 Å². The van der Waals surface area contributed by atoms with Crippen molar-refractivity contribution in [2.24, 2.45) is 0 Å². The molecule has 0 aliphatic heterocycles. The van der Waals surface area contributed by atoms with Crippen molar-refractivity contribution < 1.29 is 9.72 Å². The lowest BCUT2D eigenvalue weighted by atomic mass is 10.2. The van der Waals surface area contributed by atoms with E-state index in [9.17, 15) is 14.9 Å². The molecular weight excluding hydrogens is 406 g/mol. The van der Waals surface area contributed by atoms with E-state index >= 15 is 0 Å². The molecule has 108 valence electrons. The molecule has 6 nitrogen and oxygen atoms in total. The number of halogens is 2. The van der Waals surface area contributed by atoms with E-state index in [1.165, 1.54) is 24.4 Å². The van der Waals surface area contributed by atoms with Crippen molar-refractivity contribution in [3.05, 3.63) is 60.8 Å². The highest BCUT2D eigenvalue weighted by molar-refractivity contribution is 9.10. The third-order valence-electron chi connectivity index (χ3n) is 2.63. The molecule has 0 atom stereocenters. The van der Waals surface area contributed by atoms with Gasteiger partial charge in [0.15, 0.2) is 0 Å². The second-order valence-corrected chi connectivity index (χ2v) is 5.91. The first-order valence-corrected chi connectivity index (χ1v) is 7.34.